The smallest absolute Gasteiger partial charge is 0.307 e. The molecule has 90 valence electrons. The van der Waals surface area contributed by atoms with Crippen LogP contribution in [-0.2, 0) is 16.0 Å². The predicted octanol–water partition coefficient (Wildman–Crippen LogP) is 1.21. The van der Waals surface area contributed by atoms with Gasteiger partial charge in [-0.3, -0.25) is 9.79 Å². The van der Waals surface area contributed by atoms with E-state index in [4.69, 9.17) is 9.84 Å². The minimum absolute atomic E-state index is 0.0478. The molecular weight excluding hydrogens is 222 g/mol. The fourth-order valence-electron chi connectivity index (χ4n) is 1.69. The summed E-state index contributed by atoms with van der Waals surface area (Å²) in [5.74, 6) is -0.216. The average Bonchev–Trinajstić information content (AvgIpc) is 2.68. The molecule has 1 aromatic carbocycles. The molecular formula is C12H13NO4. The van der Waals surface area contributed by atoms with E-state index in [9.17, 15) is 9.90 Å². The summed E-state index contributed by atoms with van der Waals surface area (Å²) >= 11 is 0. The maximum absolute atomic E-state index is 10.5. The Kier molecular flexibility index (Phi) is 3.27. The molecule has 0 spiro atoms. The number of nitrogens with zero attached hydrogens (tertiary/aromatic N) is 1. The second-order valence-corrected chi connectivity index (χ2v) is 3.88. The van der Waals surface area contributed by atoms with Gasteiger partial charge in [-0.1, -0.05) is 18.2 Å². The zero-order valence-corrected chi connectivity index (χ0v) is 9.17. The van der Waals surface area contributed by atoms with Crippen LogP contribution in [0, 0.1) is 0 Å². The summed E-state index contributed by atoms with van der Waals surface area (Å²) in [5, 5.41) is 18.2. The van der Waals surface area contributed by atoms with E-state index < -0.39 is 5.97 Å². The molecule has 0 saturated carbocycles. The first-order chi connectivity index (χ1) is 8.15. The van der Waals surface area contributed by atoms with Crippen molar-refractivity contribution in [1.29, 1.82) is 0 Å². The lowest BCUT2D eigenvalue weighted by molar-refractivity contribution is -0.138. The zero-order chi connectivity index (χ0) is 12.3. The van der Waals surface area contributed by atoms with Crippen molar-refractivity contribution in [3.8, 4) is 5.75 Å². The summed E-state index contributed by atoms with van der Waals surface area (Å²) in [4.78, 5) is 14.6. The molecule has 1 aliphatic rings. The minimum atomic E-state index is -0.894. The average molecular weight is 235 g/mol. The van der Waals surface area contributed by atoms with Crippen LogP contribution in [0.2, 0.25) is 0 Å². The third kappa shape index (κ3) is 2.96. The Bertz CT molecular complexity index is 456. The number of carboxylic acids is 1. The first-order valence-electron chi connectivity index (χ1n) is 5.34. The third-order valence-electron chi connectivity index (χ3n) is 2.51. The van der Waals surface area contributed by atoms with Crippen LogP contribution in [0.4, 0.5) is 0 Å². The lowest BCUT2D eigenvalue weighted by Crippen LogP contribution is -2.18. The number of aromatic hydroxyl groups is 1. The molecule has 0 bridgehead atoms. The Morgan fingerprint density at radius 2 is 2.24 bits per heavy atom. The number of phenolic OH excluding ortho intramolecular Hbond substituents is 1. The van der Waals surface area contributed by atoms with Crippen LogP contribution < -0.4 is 0 Å². The second-order valence-electron chi connectivity index (χ2n) is 3.88. The highest BCUT2D eigenvalue weighted by atomic mass is 16.5. The van der Waals surface area contributed by atoms with Crippen molar-refractivity contribution in [1.82, 2.24) is 0 Å². The standard InChI is InChI=1S/C12H13NO4/c14-10-4-2-1-3-8(10)5-11-13-7-9(17-11)6-12(15)16/h1-4,9,14H,5-7H2,(H,15,16). The van der Waals surface area contributed by atoms with E-state index in [2.05, 4.69) is 4.99 Å². The van der Waals surface area contributed by atoms with Crippen LogP contribution in [0.25, 0.3) is 0 Å². The van der Waals surface area contributed by atoms with Crippen LogP contribution in [0.15, 0.2) is 29.3 Å². The van der Waals surface area contributed by atoms with E-state index in [-0.39, 0.29) is 18.3 Å². The number of rotatable bonds is 4. The SMILES string of the molecule is O=C(O)CC1CN=C(Cc2ccccc2O)O1. The van der Waals surface area contributed by atoms with Gasteiger partial charge in [0.25, 0.3) is 0 Å². The molecule has 1 heterocycles. The van der Waals surface area contributed by atoms with Gasteiger partial charge in [0.1, 0.15) is 11.9 Å². The van der Waals surface area contributed by atoms with Crippen molar-refractivity contribution < 1.29 is 19.7 Å². The van der Waals surface area contributed by atoms with Crippen LogP contribution in [0.5, 0.6) is 5.75 Å². The summed E-state index contributed by atoms with van der Waals surface area (Å²) < 4.78 is 5.39. The van der Waals surface area contributed by atoms with Gasteiger partial charge in [-0.25, -0.2) is 0 Å². The van der Waals surface area contributed by atoms with Gasteiger partial charge in [0, 0.05) is 5.56 Å². The summed E-state index contributed by atoms with van der Waals surface area (Å²) in [6.07, 6.45) is -0.0373. The number of benzene rings is 1. The van der Waals surface area contributed by atoms with Gasteiger partial charge < -0.3 is 14.9 Å². The monoisotopic (exact) mass is 235 g/mol. The molecule has 5 heteroatoms. The number of para-hydroxylation sites is 1. The Morgan fingerprint density at radius 1 is 1.47 bits per heavy atom. The molecule has 1 unspecified atom stereocenters. The molecule has 1 aromatic rings. The van der Waals surface area contributed by atoms with Gasteiger partial charge in [0.2, 0.25) is 0 Å². The molecule has 2 N–H and O–H groups in total. The molecule has 1 aliphatic heterocycles. The first-order valence-corrected chi connectivity index (χ1v) is 5.34. The molecule has 17 heavy (non-hydrogen) atoms. The number of hydrogen-bond donors (Lipinski definition) is 2. The fourth-order valence-corrected chi connectivity index (χ4v) is 1.69. The summed E-state index contributed by atoms with van der Waals surface area (Å²) in [6.45, 7) is 0.370. The molecule has 0 radical (unpaired) electrons. The summed E-state index contributed by atoms with van der Waals surface area (Å²) in [7, 11) is 0. The van der Waals surface area contributed by atoms with E-state index in [0.29, 0.717) is 18.9 Å². The molecule has 0 saturated heterocycles. The van der Waals surface area contributed by atoms with Gasteiger partial charge in [0.15, 0.2) is 5.90 Å². The number of ether oxygens (including phenoxy) is 1. The number of carboxylic acid groups (broad SMARTS) is 1. The van der Waals surface area contributed by atoms with Gasteiger partial charge in [0.05, 0.1) is 19.4 Å². The van der Waals surface area contributed by atoms with Gasteiger partial charge in [-0.05, 0) is 6.07 Å². The van der Waals surface area contributed by atoms with Gasteiger partial charge in [-0.15, -0.1) is 0 Å². The molecule has 0 aliphatic carbocycles. The summed E-state index contributed by atoms with van der Waals surface area (Å²) in [5.41, 5.74) is 0.724. The second kappa shape index (κ2) is 4.86. The molecule has 0 fully saturated rings. The van der Waals surface area contributed by atoms with Gasteiger partial charge >= 0.3 is 5.97 Å². The van der Waals surface area contributed by atoms with Crippen molar-refractivity contribution in [2.75, 3.05) is 6.54 Å². The molecule has 5 nitrogen and oxygen atoms in total. The first kappa shape index (κ1) is 11.4. The van der Waals surface area contributed by atoms with Crippen molar-refractivity contribution in [3.63, 3.8) is 0 Å². The number of phenols is 1. The fraction of sp³-hybridized carbons (Fsp3) is 0.333. The van der Waals surface area contributed by atoms with E-state index in [1.54, 1.807) is 18.2 Å². The largest absolute Gasteiger partial charge is 0.508 e. The zero-order valence-electron chi connectivity index (χ0n) is 9.17. The number of carbonyl (C=O) groups is 1. The minimum Gasteiger partial charge on any atom is -0.508 e. The maximum Gasteiger partial charge on any atom is 0.307 e. The van der Waals surface area contributed by atoms with E-state index >= 15 is 0 Å². The Balaban J connectivity index is 1.94. The Morgan fingerprint density at radius 3 is 2.94 bits per heavy atom. The highest BCUT2D eigenvalue weighted by Crippen LogP contribution is 2.19. The van der Waals surface area contributed by atoms with Crippen LogP contribution >= 0.6 is 0 Å². The van der Waals surface area contributed by atoms with Crippen molar-refractivity contribution in [2.45, 2.75) is 18.9 Å². The molecule has 0 aromatic heterocycles. The number of aliphatic carboxylic acids is 1. The van der Waals surface area contributed by atoms with Crippen molar-refractivity contribution >= 4 is 11.9 Å². The quantitative estimate of drug-likeness (QED) is 0.822. The van der Waals surface area contributed by atoms with E-state index in [0.717, 1.165) is 5.56 Å². The normalized spacial score (nSPS) is 18.6. The lowest BCUT2D eigenvalue weighted by Gasteiger charge is -2.09. The Hall–Kier alpha value is -2.04. The Labute approximate surface area is 98.4 Å². The maximum atomic E-state index is 10.5. The van der Waals surface area contributed by atoms with Crippen molar-refractivity contribution in [2.24, 2.45) is 4.99 Å². The van der Waals surface area contributed by atoms with E-state index in [1.165, 1.54) is 0 Å². The van der Waals surface area contributed by atoms with Crippen LogP contribution in [-0.4, -0.2) is 34.7 Å². The van der Waals surface area contributed by atoms with Crippen LogP contribution in [0.3, 0.4) is 0 Å². The van der Waals surface area contributed by atoms with Gasteiger partial charge in [-0.2, -0.15) is 0 Å². The predicted molar refractivity (Wildman–Crippen MR) is 61.2 cm³/mol. The highest BCUT2D eigenvalue weighted by molar-refractivity contribution is 5.81. The molecule has 0 amide bonds. The number of hydrogen-bond acceptors (Lipinski definition) is 4. The van der Waals surface area contributed by atoms with Crippen LogP contribution in [0.1, 0.15) is 12.0 Å². The highest BCUT2D eigenvalue weighted by Gasteiger charge is 2.22. The summed E-state index contributed by atoms with van der Waals surface area (Å²) in [6, 6.07) is 6.94. The molecule has 1 atom stereocenters. The lowest BCUT2D eigenvalue weighted by atomic mass is 10.1. The topological polar surface area (TPSA) is 79.1 Å². The van der Waals surface area contributed by atoms with Crippen molar-refractivity contribution in [3.05, 3.63) is 29.8 Å². The molecule has 2 rings (SSSR count). The number of aliphatic imine (C=N–C) groups is 1. The third-order valence-corrected chi connectivity index (χ3v) is 2.51. The van der Waals surface area contributed by atoms with E-state index in [1.807, 2.05) is 6.07 Å².